The lowest BCUT2D eigenvalue weighted by molar-refractivity contribution is -0.139. The zero-order chi connectivity index (χ0) is 20.8. The fourth-order valence-corrected chi connectivity index (χ4v) is 3.33. The molecule has 2 amide bonds. The van der Waals surface area contributed by atoms with Gasteiger partial charge in [-0.3, -0.25) is 9.59 Å². The van der Waals surface area contributed by atoms with Crippen LogP contribution in [0.5, 0.6) is 5.75 Å². The van der Waals surface area contributed by atoms with Crippen LogP contribution in [0.4, 0.5) is 5.69 Å². The van der Waals surface area contributed by atoms with E-state index in [0.717, 1.165) is 16.8 Å². The van der Waals surface area contributed by atoms with Crippen LogP contribution in [0, 0.1) is 5.92 Å². The summed E-state index contributed by atoms with van der Waals surface area (Å²) >= 11 is 0. The van der Waals surface area contributed by atoms with Crippen LogP contribution >= 0.6 is 0 Å². The number of carbonyl (C=O) groups is 3. The fraction of sp³-hybridized carbons (Fsp3) is 0.318. The monoisotopic (exact) mass is 396 g/mol. The second kappa shape index (κ2) is 9.23. The number of benzene rings is 2. The predicted octanol–water partition coefficient (Wildman–Crippen LogP) is 2.70. The number of carbonyl (C=O) groups excluding carboxylic acids is 2. The van der Waals surface area contributed by atoms with Crippen molar-refractivity contribution in [3.63, 3.8) is 0 Å². The fourth-order valence-electron chi connectivity index (χ4n) is 3.33. The van der Waals surface area contributed by atoms with Gasteiger partial charge in [-0.2, -0.15) is 0 Å². The molecule has 0 saturated heterocycles. The highest BCUT2D eigenvalue weighted by molar-refractivity contribution is 5.96. The summed E-state index contributed by atoms with van der Waals surface area (Å²) in [5.74, 6) is -0.824. The summed E-state index contributed by atoms with van der Waals surface area (Å²) in [5.41, 5.74) is 2.86. The van der Waals surface area contributed by atoms with Crippen molar-refractivity contribution in [2.75, 3.05) is 19.0 Å². The van der Waals surface area contributed by atoms with Crippen LogP contribution in [0.3, 0.4) is 0 Å². The Balaban J connectivity index is 1.48. The molecule has 7 heteroatoms. The van der Waals surface area contributed by atoms with Crippen molar-refractivity contribution in [2.24, 2.45) is 5.92 Å². The smallest absolute Gasteiger partial charge is 0.341 e. The summed E-state index contributed by atoms with van der Waals surface area (Å²) in [6, 6.07) is 14.7. The van der Waals surface area contributed by atoms with Gasteiger partial charge in [0.15, 0.2) is 6.61 Å². The molecule has 0 saturated carbocycles. The molecule has 3 rings (SSSR count). The molecule has 29 heavy (non-hydrogen) atoms. The number of carboxylic acids is 1. The first-order valence-corrected chi connectivity index (χ1v) is 9.48. The Labute approximate surface area is 169 Å². The minimum atomic E-state index is -1.03. The first-order valence-electron chi connectivity index (χ1n) is 9.48. The molecule has 0 aliphatic carbocycles. The standard InChI is InChI=1S/C22H24N2O5/c1-24(13-15-6-9-18(10-7-15)29-14-21(26)27)20(25)11-8-17-12-16-4-2-3-5-19(16)23-22(17)28/h2-7,9-10,17H,8,11-14H2,1H3,(H,23,28)(H,26,27). The van der Waals surface area contributed by atoms with Crippen molar-refractivity contribution in [2.45, 2.75) is 25.8 Å². The molecule has 0 spiro atoms. The largest absolute Gasteiger partial charge is 0.482 e. The van der Waals surface area contributed by atoms with Gasteiger partial charge in [-0.1, -0.05) is 30.3 Å². The quantitative estimate of drug-likeness (QED) is 0.715. The molecule has 152 valence electrons. The van der Waals surface area contributed by atoms with E-state index in [0.29, 0.717) is 31.6 Å². The molecular formula is C22H24N2O5. The van der Waals surface area contributed by atoms with Gasteiger partial charge in [-0.25, -0.2) is 4.79 Å². The number of hydrogen-bond acceptors (Lipinski definition) is 4. The summed E-state index contributed by atoms with van der Waals surface area (Å²) < 4.78 is 5.10. The molecule has 1 heterocycles. The van der Waals surface area contributed by atoms with Gasteiger partial charge in [0.05, 0.1) is 0 Å². The predicted molar refractivity (Wildman–Crippen MR) is 108 cm³/mol. The van der Waals surface area contributed by atoms with Gasteiger partial charge in [-0.05, 0) is 42.2 Å². The van der Waals surface area contributed by atoms with Gasteiger partial charge in [0.2, 0.25) is 11.8 Å². The van der Waals surface area contributed by atoms with Crippen LogP contribution in [0.2, 0.25) is 0 Å². The van der Waals surface area contributed by atoms with E-state index in [4.69, 9.17) is 9.84 Å². The maximum absolute atomic E-state index is 12.5. The Hall–Kier alpha value is -3.35. The molecule has 1 unspecified atom stereocenters. The van der Waals surface area contributed by atoms with E-state index in [9.17, 15) is 14.4 Å². The van der Waals surface area contributed by atoms with Crippen LogP contribution < -0.4 is 10.1 Å². The third kappa shape index (κ3) is 5.57. The van der Waals surface area contributed by atoms with Gasteiger partial charge < -0.3 is 20.1 Å². The van der Waals surface area contributed by atoms with Crippen molar-refractivity contribution in [1.29, 1.82) is 0 Å². The zero-order valence-corrected chi connectivity index (χ0v) is 16.3. The molecule has 7 nitrogen and oxygen atoms in total. The normalized spacial score (nSPS) is 15.2. The number of aliphatic carboxylic acids is 1. The molecule has 0 bridgehead atoms. The van der Waals surface area contributed by atoms with Crippen molar-refractivity contribution < 1.29 is 24.2 Å². The highest BCUT2D eigenvalue weighted by Crippen LogP contribution is 2.27. The molecule has 1 atom stereocenters. The minimum Gasteiger partial charge on any atom is -0.482 e. The summed E-state index contributed by atoms with van der Waals surface area (Å²) in [6.45, 7) is 0.0364. The molecule has 2 N–H and O–H groups in total. The second-order valence-electron chi connectivity index (χ2n) is 7.16. The molecule has 0 aromatic heterocycles. The minimum absolute atomic E-state index is 0.0251. The SMILES string of the molecule is CN(Cc1ccc(OCC(=O)O)cc1)C(=O)CCC1Cc2ccccc2NC1=O. The van der Waals surface area contributed by atoms with E-state index in [-0.39, 0.29) is 17.7 Å². The number of anilines is 1. The van der Waals surface area contributed by atoms with E-state index in [1.807, 2.05) is 24.3 Å². The highest BCUT2D eigenvalue weighted by atomic mass is 16.5. The van der Waals surface area contributed by atoms with E-state index in [1.165, 1.54) is 0 Å². The Morgan fingerprint density at radius 2 is 1.90 bits per heavy atom. The number of nitrogens with one attached hydrogen (secondary N) is 1. The maximum Gasteiger partial charge on any atom is 0.341 e. The van der Waals surface area contributed by atoms with Gasteiger partial charge in [0.1, 0.15) is 5.75 Å². The number of para-hydroxylation sites is 1. The van der Waals surface area contributed by atoms with Crippen LogP contribution in [0.15, 0.2) is 48.5 Å². The Bertz CT molecular complexity index is 894. The Morgan fingerprint density at radius 1 is 1.17 bits per heavy atom. The third-order valence-corrected chi connectivity index (χ3v) is 4.95. The summed E-state index contributed by atoms with van der Waals surface area (Å²) in [7, 11) is 1.73. The molecular weight excluding hydrogens is 372 g/mol. The van der Waals surface area contributed by atoms with E-state index in [2.05, 4.69) is 5.32 Å². The Morgan fingerprint density at radius 3 is 2.62 bits per heavy atom. The van der Waals surface area contributed by atoms with Gasteiger partial charge in [-0.15, -0.1) is 0 Å². The number of ether oxygens (including phenoxy) is 1. The number of amides is 2. The molecule has 2 aromatic carbocycles. The van der Waals surface area contributed by atoms with Gasteiger partial charge in [0.25, 0.3) is 0 Å². The number of rotatable bonds is 8. The van der Waals surface area contributed by atoms with E-state index < -0.39 is 12.6 Å². The van der Waals surface area contributed by atoms with Crippen molar-refractivity contribution in [1.82, 2.24) is 4.90 Å². The molecule has 1 aliphatic heterocycles. The van der Waals surface area contributed by atoms with Gasteiger partial charge in [0, 0.05) is 31.6 Å². The third-order valence-electron chi connectivity index (χ3n) is 4.95. The number of carboxylic acid groups (broad SMARTS) is 1. The average molecular weight is 396 g/mol. The molecule has 1 aliphatic rings. The van der Waals surface area contributed by atoms with Crippen molar-refractivity contribution >= 4 is 23.5 Å². The van der Waals surface area contributed by atoms with Crippen LogP contribution in [-0.4, -0.2) is 41.4 Å². The lowest BCUT2D eigenvalue weighted by atomic mass is 9.89. The van der Waals surface area contributed by atoms with Crippen LogP contribution in [-0.2, 0) is 27.3 Å². The summed E-state index contributed by atoms with van der Waals surface area (Å²) in [4.78, 5) is 36.9. The van der Waals surface area contributed by atoms with Crippen LogP contribution in [0.1, 0.15) is 24.0 Å². The Kier molecular flexibility index (Phi) is 6.49. The molecule has 0 fully saturated rings. The number of hydrogen-bond donors (Lipinski definition) is 2. The van der Waals surface area contributed by atoms with Crippen molar-refractivity contribution in [3.8, 4) is 5.75 Å². The first-order chi connectivity index (χ1) is 13.9. The molecule has 0 radical (unpaired) electrons. The lowest BCUT2D eigenvalue weighted by Crippen LogP contribution is -2.32. The summed E-state index contributed by atoms with van der Waals surface area (Å²) in [5, 5.41) is 11.5. The van der Waals surface area contributed by atoms with Gasteiger partial charge >= 0.3 is 5.97 Å². The number of nitrogens with zero attached hydrogens (tertiary/aromatic N) is 1. The summed E-state index contributed by atoms with van der Waals surface area (Å²) in [6.07, 6.45) is 1.46. The average Bonchev–Trinajstić information content (AvgIpc) is 2.71. The lowest BCUT2D eigenvalue weighted by Gasteiger charge is -2.25. The number of fused-ring (bicyclic) bond motifs is 1. The zero-order valence-electron chi connectivity index (χ0n) is 16.3. The van der Waals surface area contributed by atoms with Crippen LogP contribution in [0.25, 0.3) is 0 Å². The maximum atomic E-state index is 12.5. The van der Waals surface area contributed by atoms with Crippen molar-refractivity contribution in [3.05, 3.63) is 59.7 Å². The van der Waals surface area contributed by atoms with E-state index in [1.54, 1.807) is 36.2 Å². The molecule has 2 aromatic rings. The second-order valence-corrected chi connectivity index (χ2v) is 7.16. The highest BCUT2D eigenvalue weighted by Gasteiger charge is 2.26. The topological polar surface area (TPSA) is 95.9 Å². The first kappa shape index (κ1) is 20.4. The van der Waals surface area contributed by atoms with E-state index >= 15 is 0 Å².